The van der Waals surface area contributed by atoms with E-state index in [1.807, 2.05) is 0 Å². The first-order chi connectivity index (χ1) is 13.3. The monoisotopic (exact) mass is 412 g/mol. The topological polar surface area (TPSA) is 129 Å². The molecule has 1 aliphatic carbocycles. The largest absolute Gasteiger partial charge is 0.473 e. The van der Waals surface area contributed by atoms with Crippen molar-refractivity contribution in [3.05, 3.63) is 30.2 Å². The molecule has 1 aromatic heterocycles. The van der Waals surface area contributed by atoms with Crippen molar-refractivity contribution in [2.45, 2.75) is 30.6 Å². The van der Waals surface area contributed by atoms with Crippen LogP contribution in [0.1, 0.15) is 25.7 Å². The molecule has 0 aromatic carbocycles. The average Bonchev–Trinajstić information content (AvgIpc) is 2.67. The minimum atomic E-state index is -3.65. The van der Waals surface area contributed by atoms with E-state index in [0.717, 1.165) is 25.7 Å². The molecule has 8 nitrogen and oxygen atoms in total. The van der Waals surface area contributed by atoms with Crippen molar-refractivity contribution >= 4 is 15.9 Å². The smallest absolute Gasteiger partial charge is 0.244 e. The highest BCUT2D eigenvalue weighted by molar-refractivity contribution is 7.89. The Kier molecular flexibility index (Phi) is 6.01. The Labute approximate surface area is 163 Å². The molecule has 2 fully saturated rings. The molecule has 154 valence electrons. The maximum absolute atomic E-state index is 12.8. The number of sulfonamides is 1. The number of hydrogen-bond acceptors (Lipinski definition) is 6. The summed E-state index contributed by atoms with van der Waals surface area (Å²) in [6.07, 6.45) is 4.58. The molecule has 2 heterocycles. The van der Waals surface area contributed by atoms with Gasteiger partial charge in [0.1, 0.15) is 11.5 Å². The first kappa shape index (κ1) is 20.7. The highest BCUT2D eigenvalue weighted by Crippen LogP contribution is 2.52. The van der Waals surface area contributed by atoms with Gasteiger partial charge < -0.3 is 16.2 Å². The van der Waals surface area contributed by atoms with E-state index in [1.54, 1.807) is 0 Å². The van der Waals surface area contributed by atoms with Gasteiger partial charge in [-0.25, -0.2) is 17.8 Å². The van der Waals surface area contributed by atoms with Crippen LogP contribution < -0.4 is 16.2 Å². The van der Waals surface area contributed by atoms with Crippen molar-refractivity contribution < 1.29 is 22.3 Å². The summed E-state index contributed by atoms with van der Waals surface area (Å²) in [6.45, 7) is 0.798. The van der Waals surface area contributed by atoms with Gasteiger partial charge in [0, 0.05) is 37.2 Å². The lowest BCUT2D eigenvalue weighted by atomic mass is 9.57. The molecular weight excluding hydrogens is 387 g/mol. The molecule has 3 rings (SSSR count). The predicted octanol–water partition coefficient (Wildman–Crippen LogP) is 0.939. The summed E-state index contributed by atoms with van der Waals surface area (Å²) >= 11 is 0. The number of ether oxygens (including phenoxy) is 1. The van der Waals surface area contributed by atoms with Gasteiger partial charge in [0.25, 0.3) is 0 Å². The van der Waals surface area contributed by atoms with Crippen molar-refractivity contribution in [2.24, 2.45) is 22.8 Å². The van der Waals surface area contributed by atoms with Crippen LogP contribution in [0.3, 0.4) is 0 Å². The van der Waals surface area contributed by atoms with Crippen LogP contribution in [0.2, 0.25) is 0 Å². The number of piperidine rings is 1. The molecule has 1 saturated carbocycles. The minimum absolute atomic E-state index is 0.0274. The van der Waals surface area contributed by atoms with Gasteiger partial charge in [0.05, 0.1) is 12.5 Å². The maximum Gasteiger partial charge on any atom is 0.244 e. The summed E-state index contributed by atoms with van der Waals surface area (Å²) in [6, 6.07) is 2.86. The number of carbonyl (C=O) groups is 1. The van der Waals surface area contributed by atoms with Crippen LogP contribution in [0.5, 0.6) is 5.88 Å². The fraction of sp³-hybridized carbons (Fsp3) is 0.556. The predicted molar refractivity (Wildman–Crippen MR) is 100 cm³/mol. The SMILES string of the molecule is NC/C(=C\F)COc1ccc(S(=O)(=O)N2CCC3(CC2)CC(C(N)=O)C3)cn1. The number of pyridine rings is 1. The summed E-state index contributed by atoms with van der Waals surface area (Å²) in [4.78, 5) is 15.3. The van der Waals surface area contributed by atoms with E-state index in [9.17, 15) is 17.6 Å². The van der Waals surface area contributed by atoms with E-state index in [-0.39, 0.29) is 46.7 Å². The van der Waals surface area contributed by atoms with Gasteiger partial charge in [-0.15, -0.1) is 0 Å². The van der Waals surface area contributed by atoms with Crippen molar-refractivity contribution in [1.82, 2.24) is 9.29 Å². The Morgan fingerprint density at radius 3 is 2.54 bits per heavy atom. The average molecular weight is 412 g/mol. The molecular formula is C18H25FN4O4S. The summed E-state index contributed by atoms with van der Waals surface area (Å²) in [5.74, 6) is -0.155. The third-order valence-corrected chi connectivity index (χ3v) is 7.60. The van der Waals surface area contributed by atoms with Crippen molar-refractivity contribution in [2.75, 3.05) is 26.2 Å². The summed E-state index contributed by atoms with van der Waals surface area (Å²) in [7, 11) is -3.65. The van der Waals surface area contributed by atoms with Gasteiger partial charge >= 0.3 is 0 Å². The number of carbonyl (C=O) groups excluding carboxylic acids is 1. The van der Waals surface area contributed by atoms with E-state index in [2.05, 4.69) is 4.98 Å². The number of primary amides is 1. The lowest BCUT2D eigenvalue weighted by Gasteiger charge is -2.50. The zero-order valence-electron chi connectivity index (χ0n) is 15.5. The Morgan fingerprint density at radius 1 is 1.36 bits per heavy atom. The second-order valence-electron chi connectivity index (χ2n) is 7.50. The zero-order chi connectivity index (χ0) is 20.4. The quantitative estimate of drug-likeness (QED) is 0.686. The molecule has 1 aliphatic heterocycles. The van der Waals surface area contributed by atoms with Crippen LogP contribution in [0.4, 0.5) is 4.39 Å². The van der Waals surface area contributed by atoms with Gasteiger partial charge in [-0.3, -0.25) is 4.79 Å². The molecule has 1 saturated heterocycles. The van der Waals surface area contributed by atoms with E-state index < -0.39 is 10.0 Å². The molecule has 1 amide bonds. The van der Waals surface area contributed by atoms with Crippen LogP contribution >= 0.6 is 0 Å². The van der Waals surface area contributed by atoms with Gasteiger partial charge in [-0.2, -0.15) is 4.31 Å². The third kappa shape index (κ3) is 4.18. The zero-order valence-corrected chi connectivity index (χ0v) is 16.3. The summed E-state index contributed by atoms with van der Waals surface area (Å²) in [5, 5.41) is 0. The fourth-order valence-electron chi connectivity index (χ4n) is 3.85. The highest BCUT2D eigenvalue weighted by atomic mass is 32.2. The van der Waals surface area contributed by atoms with Gasteiger partial charge in [0.15, 0.2) is 0 Å². The van der Waals surface area contributed by atoms with E-state index in [0.29, 0.717) is 19.4 Å². The normalized spacial score (nSPS) is 20.7. The molecule has 0 radical (unpaired) electrons. The summed E-state index contributed by atoms with van der Waals surface area (Å²) in [5.41, 5.74) is 11.0. The van der Waals surface area contributed by atoms with E-state index in [1.165, 1.54) is 22.6 Å². The molecule has 0 atom stereocenters. The molecule has 4 N–H and O–H groups in total. The van der Waals surface area contributed by atoms with Crippen LogP contribution in [0, 0.1) is 11.3 Å². The number of nitrogens with two attached hydrogens (primary N) is 2. The molecule has 10 heteroatoms. The number of hydrogen-bond donors (Lipinski definition) is 2. The molecule has 1 aromatic rings. The van der Waals surface area contributed by atoms with E-state index in [4.69, 9.17) is 16.2 Å². The third-order valence-electron chi connectivity index (χ3n) is 5.71. The second-order valence-corrected chi connectivity index (χ2v) is 9.44. The minimum Gasteiger partial charge on any atom is -0.473 e. The lowest BCUT2D eigenvalue weighted by Crippen LogP contribution is -2.51. The molecule has 2 aliphatic rings. The van der Waals surface area contributed by atoms with Crippen molar-refractivity contribution in [1.29, 1.82) is 0 Å². The Hall–Kier alpha value is -2.04. The van der Waals surface area contributed by atoms with Crippen LogP contribution in [-0.4, -0.2) is 49.9 Å². The van der Waals surface area contributed by atoms with Gasteiger partial charge in [-0.1, -0.05) is 0 Å². The number of aromatic nitrogens is 1. The molecule has 0 unspecified atom stereocenters. The highest BCUT2D eigenvalue weighted by Gasteiger charge is 2.49. The molecule has 28 heavy (non-hydrogen) atoms. The van der Waals surface area contributed by atoms with Crippen molar-refractivity contribution in [3.8, 4) is 5.88 Å². The number of nitrogens with zero attached hydrogens (tertiary/aromatic N) is 2. The number of halogens is 1. The fourth-order valence-corrected chi connectivity index (χ4v) is 5.24. The van der Waals surface area contributed by atoms with E-state index >= 15 is 0 Å². The number of rotatable bonds is 7. The maximum atomic E-state index is 12.8. The Balaban J connectivity index is 1.58. The van der Waals surface area contributed by atoms with Gasteiger partial charge in [0.2, 0.25) is 21.8 Å². The first-order valence-corrected chi connectivity index (χ1v) is 10.6. The molecule has 0 bridgehead atoms. The van der Waals surface area contributed by atoms with Crippen LogP contribution in [0.15, 0.2) is 35.1 Å². The van der Waals surface area contributed by atoms with Crippen LogP contribution in [-0.2, 0) is 14.8 Å². The second kappa shape index (κ2) is 8.14. The first-order valence-electron chi connectivity index (χ1n) is 9.16. The van der Waals surface area contributed by atoms with Crippen LogP contribution in [0.25, 0.3) is 0 Å². The van der Waals surface area contributed by atoms with Crippen molar-refractivity contribution in [3.63, 3.8) is 0 Å². The number of amides is 1. The lowest BCUT2D eigenvalue weighted by molar-refractivity contribution is -0.131. The summed E-state index contributed by atoms with van der Waals surface area (Å²) < 4.78 is 44.9. The molecule has 1 spiro atoms. The van der Waals surface area contributed by atoms with Gasteiger partial charge in [-0.05, 0) is 37.2 Å². The Morgan fingerprint density at radius 2 is 2.04 bits per heavy atom. The Bertz CT molecular complexity index is 841. The standard InChI is InChI=1S/C18H25FN4O4S/c19-9-13(10-20)12-27-16-2-1-15(11-22-16)28(25,26)23-5-3-18(4-6-23)7-14(8-18)17(21)24/h1-2,9,11,14H,3-8,10,12,20H2,(H2,21,24)/b13-9+.